The largest absolute Gasteiger partial charge is 0.455 e. The van der Waals surface area contributed by atoms with Crippen LogP contribution in [0, 0.1) is 5.95 Å². The Morgan fingerprint density at radius 1 is 1.33 bits per heavy atom. The van der Waals surface area contributed by atoms with Gasteiger partial charge in [0.15, 0.2) is 5.75 Å². The van der Waals surface area contributed by atoms with E-state index < -0.39 is 11.9 Å². The molecule has 1 amide bonds. The molecule has 0 aliphatic heterocycles. The van der Waals surface area contributed by atoms with Gasteiger partial charge in [0.2, 0.25) is 5.95 Å². The number of primary amides is 1. The molecule has 0 radical (unpaired) electrons. The molecule has 0 aliphatic carbocycles. The predicted octanol–water partition coefficient (Wildman–Crippen LogP) is 3.98. The van der Waals surface area contributed by atoms with E-state index in [1.807, 2.05) is 0 Å². The Hall–Kier alpha value is -2.18. The molecule has 0 saturated heterocycles. The van der Waals surface area contributed by atoms with E-state index >= 15 is 0 Å². The number of aromatic nitrogens is 1. The molecular formula is C14H8ClFN2O2S. The zero-order chi connectivity index (χ0) is 15.0. The predicted molar refractivity (Wildman–Crippen MR) is 79.6 cm³/mol. The van der Waals surface area contributed by atoms with Crippen LogP contribution in [0.15, 0.2) is 36.5 Å². The molecule has 2 heterocycles. The van der Waals surface area contributed by atoms with Crippen LogP contribution in [0.1, 0.15) is 9.67 Å². The standard InChI is InChI=1S/C14H8ClFN2O2S/c15-7-1-3-8(4-2-7)20-10-6-18-13(16)12-9(10)5-11(21-12)14(17)19/h1-6H,(H2,17,19). The highest BCUT2D eigenvalue weighted by atomic mass is 35.5. The molecule has 7 heteroatoms. The van der Waals surface area contributed by atoms with E-state index in [9.17, 15) is 9.18 Å². The zero-order valence-electron chi connectivity index (χ0n) is 10.5. The number of ether oxygens (including phenoxy) is 1. The summed E-state index contributed by atoms with van der Waals surface area (Å²) in [5, 5.41) is 1.03. The third kappa shape index (κ3) is 2.68. The minimum absolute atomic E-state index is 0.232. The molecule has 0 aliphatic rings. The number of fused-ring (bicyclic) bond motifs is 1. The first-order chi connectivity index (χ1) is 10.0. The molecule has 2 N–H and O–H groups in total. The summed E-state index contributed by atoms with van der Waals surface area (Å²) in [5.41, 5.74) is 5.22. The van der Waals surface area contributed by atoms with Gasteiger partial charge in [-0.25, -0.2) is 4.98 Å². The first-order valence-electron chi connectivity index (χ1n) is 5.86. The molecule has 0 unspecified atom stereocenters. The summed E-state index contributed by atoms with van der Waals surface area (Å²) in [6.07, 6.45) is 1.27. The first-order valence-corrected chi connectivity index (χ1v) is 7.05. The Bertz CT molecular complexity index is 833. The number of hydrogen-bond acceptors (Lipinski definition) is 4. The van der Waals surface area contributed by atoms with Gasteiger partial charge in [0.25, 0.3) is 5.91 Å². The Morgan fingerprint density at radius 2 is 2.05 bits per heavy atom. The lowest BCUT2D eigenvalue weighted by Gasteiger charge is -2.06. The molecule has 106 valence electrons. The summed E-state index contributed by atoms with van der Waals surface area (Å²) in [6, 6.07) is 8.21. The van der Waals surface area contributed by atoms with Gasteiger partial charge in [-0.05, 0) is 30.3 Å². The van der Waals surface area contributed by atoms with Crippen LogP contribution < -0.4 is 10.5 Å². The normalized spacial score (nSPS) is 10.8. The van der Waals surface area contributed by atoms with Crippen LogP contribution >= 0.6 is 22.9 Å². The Labute approximate surface area is 127 Å². The topological polar surface area (TPSA) is 65.2 Å². The number of pyridine rings is 1. The van der Waals surface area contributed by atoms with Gasteiger partial charge in [0.05, 0.1) is 15.8 Å². The molecule has 3 rings (SSSR count). The van der Waals surface area contributed by atoms with Gasteiger partial charge >= 0.3 is 0 Å². The molecule has 0 spiro atoms. The maximum Gasteiger partial charge on any atom is 0.258 e. The summed E-state index contributed by atoms with van der Waals surface area (Å²) in [6.45, 7) is 0. The van der Waals surface area contributed by atoms with Crippen molar-refractivity contribution in [3.8, 4) is 11.5 Å². The smallest absolute Gasteiger partial charge is 0.258 e. The van der Waals surface area contributed by atoms with Crippen molar-refractivity contribution >= 4 is 38.9 Å². The maximum atomic E-state index is 13.7. The van der Waals surface area contributed by atoms with E-state index in [0.717, 1.165) is 11.3 Å². The number of carbonyl (C=O) groups is 1. The summed E-state index contributed by atoms with van der Waals surface area (Å²) >= 11 is 6.75. The van der Waals surface area contributed by atoms with Gasteiger partial charge in [-0.1, -0.05) is 11.6 Å². The molecule has 4 nitrogen and oxygen atoms in total. The van der Waals surface area contributed by atoms with Crippen molar-refractivity contribution in [3.63, 3.8) is 0 Å². The minimum Gasteiger partial charge on any atom is -0.455 e. The quantitative estimate of drug-likeness (QED) is 0.742. The number of benzene rings is 1. The molecule has 0 saturated carbocycles. The molecule has 3 aromatic rings. The van der Waals surface area contributed by atoms with E-state index in [4.69, 9.17) is 22.1 Å². The SMILES string of the molecule is NC(=O)c1cc2c(Oc3ccc(Cl)cc3)cnc(F)c2s1. The molecule has 1 aromatic carbocycles. The Balaban J connectivity index is 2.07. The molecule has 0 fully saturated rings. The van der Waals surface area contributed by atoms with Crippen molar-refractivity contribution in [2.45, 2.75) is 0 Å². The van der Waals surface area contributed by atoms with Crippen molar-refractivity contribution in [1.82, 2.24) is 4.98 Å². The van der Waals surface area contributed by atoms with Crippen molar-refractivity contribution in [2.24, 2.45) is 5.73 Å². The van der Waals surface area contributed by atoms with E-state index in [-0.39, 0.29) is 9.58 Å². The monoisotopic (exact) mass is 322 g/mol. The Morgan fingerprint density at radius 3 is 2.71 bits per heavy atom. The van der Waals surface area contributed by atoms with Crippen LogP contribution in [0.3, 0.4) is 0 Å². The fourth-order valence-electron chi connectivity index (χ4n) is 1.80. The number of nitrogens with zero attached hydrogens (tertiary/aromatic N) is 1. The highest BCUT2D eigenvalue weighted by Gasteiger charge is 2.15. The van der Waals surface area contributed by atoms with Crippen LogP contribution in [0.4, 0.5) is 4.39 Å². The summed E-state index contributed by atoms with van der Waals surface area (Å²) in [5.74, 6) is -0.405. The molecular weight excluding hydrogens is 315 g/mol. The lowest BCUT2D eigenvalue weighted by molar-refractivity contribution is 0.100. The molecule has 0 bridgehead atoms. The molecule has 0 atom stereocenters. The second-order valence-electron chi connectivity index (χ2n) is 4.19. The average molecular weight is 323 g/mol. The van der Waals surface area contributed by atoms with Crippen LogP contribution in [0.2, 0.25) is 5.02 Å². The van der Waals surface area contributed by atoms with Gasteiger partial charge in [0, 0.05) is 10.4 Å². The Kier molecular flexibility index (Phi) is 3.48. The van der Waals surface area contributed by atoms with Gasteiger partial charge in [-0.3, -0.25) is 4.79 Å². The van der Waals surface area contributed by atoms with Crippen molar-refractivity contribution in [2.75, 3.05) is 0 Å². The van der Waals surface area contributed by atoms with Gasteiger partial charge in [-0.2, -0.15) is 4.39 Å². The van der Waals surface area contributed by atoms with Crippen molar-refractivity contribution in [3.05, 3.63) is 52.4 Å². The highest BCUT2D eigenvalue weighted by Crippen LogP contribution is 2.35. The van der Waals surface area contributed by atoms with Crippen LogP contribution in [0.5, 0.6) is 11.5 Å². The number of carbonyl (C=O) groups excluding carboxylic acids is 1. The number of halogens is 2. The third-order valence-corrected chi connectivity index (χ3v) is 4.15. The van der Waals surface area contributed by atoms with E-state index in [1.165, 1.54) is 12.3 Å². The zero-order valence-corrected chi connectivity index (χ0v) is 12.0. The summed E-state index contributed by atoms with van der Waals surface area (Å²) in [4.78, 5) is 15.1. The molecule has 21 heavy (non-hydrogen) atoms. The second kappa shape index (κ2) is 5.31. The minimum atomic E-state index is -0.661. The van der Waals surface area contributed by atoms with E-state index in [1.54, 1.807) is 24.3 Å². The lowest BCUT2D eigenvalue weighted by Crippen LogP contribution is -2.08. The average Bonchev–Trinajstić information content (AvgIpc) is 2.91. The second-order valence-corrected chi connectivity index (χ2v) is 5.68. The van der Waals surface area contributed by atoms with E-state index in [2.05, 4.69) is 4.98 Å². The van der Waals surface area contributed by atoms with Crippen molar-refractivity contribution in [1.29, 1.82) is 0 Å². The summed E-state index contributed by atoms with van der Waals surface area (Å²) < 4.78 is 19.6. The lowest BCUT2D eigenvalue weighted by atomic mass is 10.2. The number of rotatable bonds is 3. The van der Waals surface area contributed by atoms with Crippen LogP contribution in [-0.4, -0.2) is 10.9 Å². The molecule has 2 aromatic heterocycles. The van der Waals surface area contributed by atoms with Crippen LogP contribution in [-0.2, 0) is 0 Å². The van der Waals surface area contributed by atoms with E-state index in [0.29, 0.717) is 21.9 Å². The van der Waals surface area contributed by atoms with Crippen LogP contribution in [0.25, 0.3) is 10.1 Å². The number of nitrogens with two attached hydrogens (primary N) is 1. The van der Waals surface area contributed by atoms with Gasteiger partial charge in [-0.15, -0.1) is 11.3 Å². The summed E-state index contributed by atoms with van der Waals surface area (Å²) in [7, 11) is 0. The highest BCUT2D eigenvalue weighted by molar-refractivity contribution is 7.20. The third-order valence-electron chi connectivity index (χ3n) is 2.76. The van der Waals surface area contributed by atoms with Gasteiger partial charge < -0.3 is 10.5 Å². The van der Waals surface area contributed by atoms with Crippen molar-refractivity contribution < 1.29 is 13.9 Å². The van der Waals surface area contributed by atoms with Gasteiger partial charge in [0.1, 0.15) is 5.75 Å². The number of thiophene rings is 1. The fourth-order valence-corrected chi connectivity index (χ4v) is 2.83. The number of hydrogen-bond donors (Lipinski definition) is 1. The number of amides is 1. The first kappa shape index (κ1) is 13.8. The maximum absolute atomic E-state index is 13.7. The fraction of sp³-hybridized carbons (Fsp3) is 0.